The molecule has 39 heavy (non-hydrogen) atoms. The van der Waals surface area contributed by atoms with Gasteiger partial charge in [-0.2, -0.15) is 13.2 Å². The summed E-state index contributed by atoms with van der Waals surface area (Å²) < 4.78 is 44.5. The molecule has 0 radical (unpaired) electrons. The lowest BCUT2D eigenvalue weighted by Crippen LogP contribution is -2.36. The number of thiazole rings is 1. The Labute approximate surface area is 229 Å². The lowest BCUT2D eigenvalue weighted by atomic mass is 9.74. The molecular weight excluding hydrogens is 531 g/mol. The van der Waals surface area contributed by atoms with Gasteiger partial charge in [0.25, 0.3) is 0 Å². The van der Waals surface area contributed by atoms with E-state index >= 15 is 0 Å². The number of pyridine rings is 1. The van der Waals surface area contributed by atoms with E-state index in [1.165, 1.54) is 11.3 Å². The van der Waals surface area contributed by atoms with Gasteiger partial charge in [-0.25, -0.2) is 15.0 Å². The van der Waals surface area contributed by atoms with E-state index in [1.807, 2.05) is 6.92 Å². The molecule has 0 spiro atoms. The van der Waals surface area contributed by atoms with Crippen LogP contribution in [-0.2, 0) is 21.3 Å². The van der Waals surface area contributed by atoms with Crippen molar-refractivity contribution in [1.82, 2.24) is 19.9 Å². The summed E-state index contributed by atoms with van der Waals surface area (Å²) in [7, 11) is 0. The highest BCUT2D eigenvalue weighted by Gasteiger charge is 2.40. The van der Waals surface area contributed by atoms with Crippen molar-refractivity contribution in [2.24, 2.45) is 11.8 Å². The number of hydrogen-bond donors (Lipinski definition) is 2. The van der Waals surface area contributed by atoms with E-state index in [2.05, 4.69) is 25.3 Å². The van der Waals surface area contributed by atoms with Crippen molar-refractivity contribution in [3.05, 3.63) is 47.0 Å². The molecule has 0 aliphatic heterocycles. The lowest BCUT2D eigenvalue weighted by molar-refractivity contribution is -0.151. The van der Waals surface area contributed by atoms with E-state index in [1.54, 1.807) is 32.2 Å². The summed E-state index contributed by atoms with van der Waals surface area (Å²) in [6.07, 6.45) is 2.63. The van der Waals surface area contributed by atoms with E-state index < -0.39 is 17.5 Å². The highest BCUT2D eigenvalue weighted by atomic mass is 32.1. The van der Waals surface area contributed by atoms with Gasteiger partial charge in [-0.3, -0.25) is 9.78 Å². The first-order chi connectivity index (χ1) is 18.5. The van der Waals surface area contributed by atoms with Crippen molar-refractivity contribution in [2.75, 3.05) is 11.9 Å². The zero-order chi connectivity index (χ0) is 28.2. The predicted octanol–water partition coefficient (Wildman–Crippen LogP) is 6.42. The zero-order valence-corrected chi connectivity index (χ0v) is 22.9. The Bertz CT molecular complexity index is 1290. The molecule has 0 amide bonds. The molecule has 1 aliphatic carbocycles. The van der Waals surface area contributed by atoms with Gasteiger partial charge in [0.15, 0.2) is 0 Å². The molecule has 3 aromatic rings. The number of aromatic nitrogens is 4. The number of halogens is 3. The topological polar surface area (TPSA) is 110 Å². The standard InChI is InChI=1S/C27H32F3N5O3S/c1-4-5-12-38-23(36)17-6-8-18(9-7-17)26(3,37)24-32-15-21(39-24)20-14-19(13-16(2)33-20)34-25-31-11-10-22(35-25)27(28,29)30/h10-11,13-15,17-18,37H,4-9,12H2,1-3H3,(H,31,33,34,35)/t17?,18?,26-/m1/s1. The van der Waals surface area contributed by atoms with Crippen LogP contribution in [0.3, 0.4) is 0 Å². The molecule has 0 aromatic carbocycles. The van der Waals surface area contributed by atoms with Crippen molar-refractivity contribution < 1.29 is 27.8 Å². The van der Waals surface area contributed by atoms with Gasteiger partial charge < -0.3 is 15.2 Å². The molecule has 3 heterocycles. The van der Waals surface area contributed by atoms with Gasteiger partial charge in [-0.1, -0.05) is 13.3 Å². The van der Waals surface area contributed by atoms with Crippen molar-refractivity contribution in [3.8, 4) is 10.6 Å². The summed E-state index contributed by atoms with van der Waals surface area (Å²) in [6.45, 7) is 6.02. The third-order valence-electron chi connectivity index (χ3n) is 6.94. The Kier molecular flexibility index (Phi) is 8.85. The summed E-state index contributed by atoms with van der Waals surface area (Å²) in [6, 6.07) is 4.17. The third-order valence-corrected chi connectivity index (χ3v) is 8.19. The molecule has 1 atom stereocenters. The number of hydrogen-bond acceptors (Lipinski definition) is 9. The number of carbonyl (C=O) groups is 1. The Hall–Kier alpha value is -3.12. The van der Waals surface area contributed by atoms with E-state index in [-0.39, 0.29) is 23.8 Å². The van der Waals surface area contributed by atoms with E-state index in [0.717, 1.165) is 25.1 Å². The number of unbranched alkanes of at least 4 members (excludes halogenated alkanes) is 1. The van der Waals surface area contributed by atoms with Crippen LogP contribution in [0, 0.1) is 18.8 Å². The molecule has 8 nitrogen and oxygen atoms in total. The highest BCUT2D eigenvalue weighted by molar-refractivity contribution is 7.15. The van der Waals surface area contributed by atoms with Crippen molar-refractivity contribution in [3.63, 3.8) is 0 Å². The third kappa shape index (κ3) is 7.10. The molecule has 3 aromatic heterocycles. The number of rotatable bonds is 9. The summed E-state index contributed by atoms with van der Waals surface area (Å²) in [5.41, 5.74) is -0.558. The molecule has 0 unspecified atom stereocenters. The maximum absolute atomic E-state index is 13.0. The monoisotopic (exact) mass is 563 g/mol. The van der Waals surface area contributed by atoms with Crippen LogP contribution in [0.5, 0.6) is 0 Å². The van der Waals surface area contributed by atoms with Crippen molar-refractivity contribution in [1.29, 1.82) is 0 Å². The summed E-state index contributed by atoms with van der Waals surface area (Å²) in [5.74, 6) is -0.524. The first-order valence-corrected chi connectivity index (χ1v) is 13.8. The van der Waals surface area contributed by atoms with Gasteiger partial charge in [-0.05, 0) is 70.1 Å². The summed E-state index contributed by atoms with van der Waals surface area (Å²) >= 11 is 1.31. The normalized spacial score (nSPS) is 19.4. The van der Waals surface area contributed by atoms with Gasteiger partial charge >= 0.3 is 12.1 Å². The highest BCUT2D eigenvalue weighted by Crippen LogP contribution is 2.43. The van der Waals surface area contributed by atoms with Crippen LogP contribution >= 0.6 is 11.3 Å². The molecule has 0 bridgehead atoms. The predicted molar refractivity (Wildman–Crippen MR) is 141 cm³/mol. The van der Waals surface area contributed by atoms with Gasteiger partial charge in [-0.15, -0.1) is 11.3 Å². The largest absolute Gasteiger partial charge is 0.465 e. The second kappa shape index (κ2) is 12.0. The first kappa shape index (κ1) is 28.9. The fraction of sp³-hybridized carbons (Fsp3) is 0.519. The number of carbonyl (C=O) groups excluding carboxylic acids is 1. The number of aryl methyl sites for hydroxylation is 1. The number of esters is 1. The van der Waals surface area contributed by atoms with E-state index in [9.17, 15) is 23.1 Å². The molecular formula is C27H32F3N5O3S. The van der Waals surface area contributed by atoms with Crippen LogP contribution in [0.4, 0.5) is 24.8 Å². The second-order valence-corrected chi connectivity index (χ2v) is 11.0. The molecule has 12 heteroatoms. The van der Waals surface area contributed by atoms with Crippen molar-refractivity contribution >= 4 is 28.9 Å². The second-order valence-electron chi connectivity index (χ2n) is 10.0. The van der Waals surface area contributed by atoms with Crippen LogP contribution < -0.4 is 5.32 Å². The maximum Gasteiger partial charge on any atom is 0.433 e. The van der Waals surface area contributed by atoms with Gasteiger partial charge in [0, 0.05) is 23.8 Å². The van der Waals surface area contributed by atoms with Crippen LogP contribution in [-0.4, -0.2) is 37.6 Å². The number of alkyl halides is 3. The number of anilines is 2. The molecule has 4 rings (SSSR count). The van der Waals surface area contributed by atoms with Gasteiger partial charge in [0.05, 0.1) is 23.1 Å². The minimum atomic E-state index is -4.58. The average molecular weight is 564 g/mol. The Morgan fingerprint density at radius 1 is 1.18 bits per heavy atom. The van der Waals surface area contributed by atoms with Crippen LogP contribution in [0.2, 0.25) is 0 Å². The minimum Gasteiger partial charge on any atom is -0.465 e. The van der Waals surface area contributed by atoms with Crippen LogP contribution in [0.1, 0.15) is 68.8 Å². The van der Waals surface area contributed by atoms with E-state index in [0.29, 0.717) is 59.3 Å². The Morgan fingerprint density at radius 3 is 2.62 bits per heavy atom. The minimum absolute atomic E-state index is 0.0584. The average Bonchev–Trinajstić information content (AvgIpc) is 3.40. The Balaban J connectivity index is 1.45. The number of nitrogens with zero attached hydrogens (tertiary/aromatic N) is 4. The van der Waals surface area contributed by atoms with Gasteiger partial charge in [0.1, 0.15) is 16.3 Å². The molecule has 1 fully saturated rings. The SMILES string of the molecule is CCCCOC(=O)C1CCC([C@@](C)(O)c2ncc(-c3cc(Nc4nccc(C(F)(F)F)n4)cc(C)n3)s2)CC1. The molecule has 1 aliphatic rings. The summed E-state index contributed by atoms with van der Waals surface area (Å²) in [5, 5.41) is 14.8. The molecule has 210 valence electrons. The number of ether oxygens (including phenoxy) is 1. The Morgan fingerprint density at radius 2 is 1.92 bits per heavy atom. The van der Waals surface area contributed by atoms with Gasteiger partial charge in [0.2, 0.25) is 5.95 Å². The smallest absolute Gasteiger partial charge is 0.433 e. The maximum atomic E-state index is 13.0. The quantitative estimate of drug-likeness (QED) is 0.227. The molecule has 2 N–H and O–H groups in total. The fourth-order valence-electron chi connectivity index (χ4n) is 4.70. The zero-order valence-electron chi connectivity index (χ0n) is 22.1. The fourth-order valence-corrected chi connectivity index (χ4v) is 5.70. The molecule has 0 saturated heterocycles. The van der Waals surface area contributed by atoms with E-state index in [4.69, 9.17) is 4.74 Å². The van der Waals surface area contributed by atoms with Crippen molar-refractivity contribution in [2.45, 2.75) is 71.1 Å². The first-order valence-electron chi connectivity index (χ1n) is 13.0. The summed E-state index contributed by atoms with van der Waals surface area (Å²) in [4.78, 5) is 29.5. The van der Waals surface area contributed by atoms with Crippen LogP contribution in [0.15, 0.2) is 30.6 Å². The van der Waals surface area contributed by atoms with Crippen LogP contribution in [0.25, 0.3) is 10.6 Å². The number of nitrogens with one attached hydrogen (secondary N) is 1. The lowest BCUT2D eigenvalue weighted by Gasteiger charge is -2.36. The number of aliphatic hydroxyl groups is 1. The molecule has 1 saturated carbocycles.